The summed E-state index contributed by atoms with van der Waals surface area (Å²) in [7, 11) is -3.47. The number of hydrogen-bond acceptors (Lipinski definition) is 2. The second-order valence-electron chi connectivity index (χ2n) is 8.12. The summed E-state index contributed by atoms with van der Waals surface area (Å²) >= 11 is 0. The number of benzene rings is 2. The van der Waals surface area contributed by atoms with Gasteiger partial charge in [-0.3, -0.25) is 0 Å². The maximum atomic E-state index is 13.1. The number of aryl methyl sites for hydroxylation is 2. The highest BCUT2D eigenvalue weighted by molar-refractivity contribution is 7.89. The molecule has 0 saturated carbocycles. The molecule has 0 aromatic heterocycles. The van der Waals surface area contributed by atoms with Gasteiger partial charge in [0.2, 0.25) is 10.0 Å². The van der Waals surface area contributed by atoms with Gasteiger partial charge < -0.3 is 0 Å². The molecule has 0 radical (unpaired) electrons. The van der Waals surface area contributed by atoms with E-state index in [1.54, 1.807) is 16.4 Å². The zero-order valence-corrected chi connectivity index (χ0v) is 16.6. The highest BCUT2D eigenvalue weighted by atomic mass is 32.2. The lowest BCUT2D eigenvalue weighted by molar-refractivity contribution is 0.314. The van der Waals surface area contributed by atoms with E-state index < -0.39 is 10.0 Å². The summed E-state index contributed by atoms with van der Waals surface area (Å²) in [5.74, 6) is 0.188. The fourth-order valence-corrected chi connectivity index (χ4v) is 5.71. The zero-order valence-electron chi connectivity index (χ0n) is 15.8. The predicted octanol–water partition coefficient (Wildman–Crippen LogP) is 4.30. The minimum absolute atomic E-state index is 0.0747. The monoisotopic (exact) mass is 367 g/mol. The lowest BCUT2D eigenvalue weighted by Crippen LogP contribution is -2.42. The van der Waals surface area contributed by atoms with Gasteiger partial charge in [0.15, 0.2) is 0 Å². The van der Waals surface area contributed by atoms with Crippen molar-refractivity contribution in [1.82, 2.24) is 4.31 Å². The van der Waals surface area contributed by atoms with Crippen molar-refractivity contribution in [3.63, 3.8) is 0 Å². The average molecular weight is 368 g/mol. The third-order valence-corrected chi connectivity index (χ3v) is 7.83. The van der Waals surface area contributed by atoms with Crippen LogP contribution in [0.4, 0.5) is 0 Å². The molecule has 1 atom stereocenters. The number of hydrogen-bond donors (Lipinski definition) is 0. The molecule has 3 nitrogen and oxygen atoms in total. The van der Waals surface area contributed by atoms with Crippen molar-refractivity contribution >= 4 is 15.6 Å². The average Bonchev–Trinajstić information content (AvgIpc) is 2.82. The van der Waals surface area contributed by atoms with Gasteiger partial charge in [-0.15, -0.1) is 0 Å². The minimum Gasteiger partial charge on any atom is -0.207 e. The van der Waals surface area contributed by atoms with Crippen LogP contribution in [0.2, 0.25) is 0 Å². The summed E-state index contributed by atoms with van der Waals surface area (Å²) in [5, 5.41) is 0. The lowest BCUT2D eigenvalue weighted by Gasteiger charge is -2.36. The largest absolute Gasteiger partial charge is 0.243 e. The predicted molar refractivity (Wildman–Crippen MR) is 106 cm³/mol. The van der Waals surface area contributed by atoms with Crippen LogP contribution < -0.4 is 0 Å². The minimum atomic E-state index is -3.47. The van der Waals surface area contributed by atoms with E-state index in [-0.39, 0.29) is 11.3 Å². The second kappa shape index (κ2) is 5.80. The maximum Gasteiger partial charge on any atom is 0.243 e. The van der Waals surface area contributed by atoms with Gasteiger partial charge in [0.05, 0.1) is 4.90 Å². The van der Waals surface area contributed by atoms with Crippen LogP contribution in [0.1, 0.15) is 36.1 Å². The molecule has 0 fully saturated rings. The summed E-state index contributed by atoms with van der Waals surface area (Å²) < 4.78 is 27.9. The van der Waals surface area contributed by atoms with Crippen LogP contribution >= 0.6 is 0 Å². The van der Waals surface area contributed by atoms with Crippen molar-refractivity contribution in [2.75, 3.05) is 13.1 Å². The summed E-state index contributed by atoms with van der Waals surface area (Å²) in [6, 6.07) is 13.7. The third-order valence-electron chi connectivity index (χ3n) is 5.99. The highest BCUT2D eigenvalue weighted by Crippen LogP contribution is 2.52. The van der Waals surface area contributed by atoms with E-state index in [4.69, 9.17) is 0 Å². The van der Waals surface area contributed by atoms with Gasteiger partial charge in [0, 0.05) is 19.0 Å². The topological polar surface area (TPSA) is 37.4 Å². The molecule has 0 bridgehead atoms. The van der Waals surface area contributed by atoms with Gasteiger partial charge in [0.25, 0.3) is 0 Å². The molecule has 2 aliphatic rings. The second-order valence-corrected chi connectivity index (χ2v) is 10.1. The van der Waals surface area contributed by atoms with E-state index in [0.717, 1.165) is 5.56 Å². The molecule has 1 heterocycles. The lowest BCUT2D eigenvalue weighted by atomic mass is 9.76. The van der Waals surface area contributed by atoms with E-state index in [2.05, 4.69) is 45.0 Å². The summed E-state index contributed by atoms with van der Waals surface area (Å²) in [6.45, 7) is 9.51. The fourth-order valence-electron chi connectivity index (χ4n) is 4.32. The van der Waals surface area contributed by atoms with Crippen LogP contribution in [0.15, 0.2) is 53.4 Å². The zero-order chi connectivity index (χ0) is 18.7. The molecule has 0 N–H and O–H groups in total. The molecule has 4 rings (SSSR count). The first kappa shape index (κ1) is 17.5. The van der Waals surface area contributed by atoms with Gasteiger partial charge in [0.1, 0.15) is 0 Å². The molecule has 2 aromatic carbocycles. The molecule has 1 unspecified atom stereocenters. The molecule has 0 spiro atoms. The Labute approximate surface area is 156 Å². The molecule has 4 heteroatoms. The Morgan fingerprint density at radius 3 is 2.35 bits per heavy atom. The first-order valence-electron chi connectivity index (χ1n) is 9.09. The van der Waals surface area contributed by atoms with Crippen molar-refractivity contribution in [3.8, 4) is 0 Å². The van der Waals surface area contributed by atoms with E-state index in [0.29, 0.717) is 18.0 Å². The number of nitrogens with zero attached hydrogens (tertiary/aromatic N) is 1. The van der Waals surface area contributed by atoms with Gasteiger partial charge in [-0.25, -0.2) is 8.42 Å². The van der Waals surface area contributed by atoms with E-state index in [9.17, 15) is 8.42 Å². The van der Waals surface area contributed by atoms with Gasteiger partial charge in [-0.05, 0) is 48.1 Å². The van der Waals surface area contributed by atoms with Crippen molar-refractivity contribution in [2.45, 2.75) is 38.0 Å². The van der Waals surface area contributed by atoms with Crippen LogP contribution in [0, 0.1) is 19.8 Å². The Bertz CT molecular complexity index is 1000. The number of fused-ring (bicyclic) bond motifs is 3. The number of rotatable bonds is 2. The van der Waals surface area contributed by atoms with Crippen molar-refractivity contribution in [2.24, 2.45) is 5.92 Å². The SMILES string of the molecule is Cc1ccc(S(=O)(=O)N2CC=C3c4ccc(C)cc4C(C)(C)C3C2)cc1. The first-order valence-corrected chi connectivity index (χ1v) is 10.5. The molecule has 26 heavy (non-hydrogen) atoms. The van der Waals surface area contributed by atoms with Gasteiger partial charge >= 0.3 is 0 Å². The van der Waals surface area contributed by atoms with E-state index >= 15 is 0 Å². The van der Waals surface area contributed by atoms with Crippen LogP contribution in [0.3, 0.4) is 0 Å². The van der Waals surface area contributed by atoms with Gasteiger partial charge in [-0.2, -0.15) is 4.31 Å². The highest BCUT2D eigenvalue weighted by Gasteiger charge is 2.46. The molecule has 136 valence electrons. The van der Waals surface area contributed by atoms with Crippen LogP contribution in [-0.4, -0.2) is 25.8 Å². The Morgan fingerprint density at radius 2 is 1.65 bits per heavy atom. The van der Waals surface area contributed by atoms with Crippen molar-refractivity contribution in [3.05, 3.63) is 70.8 Å². The van der Waals surface area contributed by atoms with Crippen molar-refractivity contribution in [1.29, 1.82) is 0 Å². The van der Waals surface area contributed by atoms with E-state index in [1.165, 1.54) is 22.3 Å². The summed E-state index contributed by atoms with van der Waals surface area (Å²) in [6.07, 6.45) is 2.11. The van der Waals surface area contributed by atoms with Crippen LogP contribution in [0.5, 0.6) is 0 Å². The molecule has 0 saturated heterocycles. The Hall–Kier alpha value is -1.91. The Balaban J connectivity index is 1.72. The molecular weight excluding hydrogens is 342 g/mol. The molecule has 1 aliphatic carbocycles. The smallest absolute Gasteiger partial charge is 0.207 e. The maximum absolute atomic E-state index is 13.1. The molecule has 0 amide bonds. The normalized spacial score (nSPS) is 21.8. The Morgan fingerprint density at radius 1 is 1.00 bits per heavy atom. The van der Waals surface area contributed by atoms with Crippen LogP contribution in [-0.2, 0) is 15.4 Å². The molecule has 2 aromatic rings. The molecular formula is C22H25NO2S. The first-order chi connectivity index (χ1) is 12.2. The Kier molecular flexibility index (Phi) is 3.90. The van der Waals surface area contributed by atoms with Gasteiger partial charge in [-0.1, -0.05) is 61.4 Å². The third kappa shape index (κ3) is 2.55. The fraction of sp³-hybridized carbons (Fsp3) is 0.364. The summed E-state index contributed by atoms with van der Waals surface area (Å²) in [4.78, 5) is 0.379. The summed E-state index contributed by atoms with van der Waals surface area (Å²) in [5.41, 5.74) is 6.17. The quantitative estimate of drug-likeness (QED) is 0.794. The standard InChI is InChI=1S/C22H25NO2S/c1-15-5-8-17(9-6-15)26(24,25)23-12-11-19-18-10-7-16(2)13-20(18)22(3,4)21(19)14-23/h5-11,13,21H,12,14H2,1-4H3. The van der Waals surface area contributed by atoms with Crippen molar-refractivity contribution < 1.29 is 8.42 Å². The van der Waals surface area contributed by atoms with Crippen LogP contribution in [0.25, 0.3) is 5.57 Å². The molecule has 1 aliphatic heterocycles. The number of sulfonamides is 1. The van der Waals surface area contributed by atoms with E-state index in [1.807, 2.05) is 19.1 Å².